The van der Waals surface area contributed by atoms with Gasteiger partial charge in [0.15, 0.2) is 5.60 Å². The highest BCUT2D eigenvalue weighted by atomic mass is 19.3. The van der Waals surface area contributed by atoms with Gasteiger partial charge in [0.25, 0.3) is 0 Å². The van der Waals surface area contributed by atoms with Gasteiger partial charge in [0.05, 0.1) is 11.6 Å². The molecule has 0 aliphatic heterocycles. The van der Waals surface area contributed by atoms with E-state index in [0.29, 0.717) is 23.1 Å². The van der Waals surface area contributed by atoms with Crippen molar-refractivity contribution in [2.24, 2.45) is 0 Å². The van der Waals surface area contributed by atoms with Crippen LogP contribution >= 0.6 is 0 Å². The minimum atomic E-state index is -3.66. The minimum Gasteiger partial charge on any atom is -0.378 e. The van der Waals surface area contributed by atoms with E-state index in [2.05, 4.69) is 26.8 Å². The second-order valence-electron chi connectivity index (χ2n) is 6.68. The third-order valence-corrected chi connectivity index (χ3v) is 4.62. The maximum absolute atomic E-state index is 15.3. The van der Waals surface area contributed by atoms with E-state index >= 15 is 8.78 Å². The van der Waals surface area contributed by atoms with E-state index in [1.54, 1.807) is 31.2 Å². The zero-order valence-corrected chi connectivity index (χ0v) is 16.2. The molecule has 150 valence electrons. The highest BCUT2D eigenvalue weighted by Gasteiger charge is 2.55. The third kappa shape index (κ3) is 4.17. The quantitative estimate of drug-likeness (QED) is 0.652. The lowest BCUT2D eigenvalue weighted by atomic mass is 9.83. The summed E-state index contributed by atoms with van der Waals surface area (Å²) in [5.74, 6) is 2.08. The molecule has 7 heteroatoms. The van der Waals surface area contributed by atoms with Gasteiger partial charge in [0.2, 0.25) is 0 Å². The van der Waals surface area contributed by atoms with Crippen molar-refractivity contribution in [3.8, 4) is 17.9 Å². The molecule has 0 radical (unpaired) electrons. The second-order valence-corrected chi connectivity index (χ2v) is 6.68. The summed E-state index contributed by atoms with van der Waals surface area (Å²) in [5.41, 5.74) is -1.45. The SMILES string of the molecule is CCCC(O)(c1cncnc1)C(F)(F)c1ccc(C#Cc2ccc(C#N)cc2)cn1. The van der Waals surface area contributed by atoms with Crippen LogP contribution in [0.2, 0.25) is 0 Å². The van der Waals surface area contributed by atoms with Gasteiger partial charge in [-0.15, -0.1) is 0 Å². The summed E-state index contributed by atoms with van der Waals surface area (Å²) >= 11 is 0. The highest BCUT2D eigenvalue weighted by molar-refractivity contribution is 5.44. The minimum absolute atomic E-state index is 0.0664. The van der Waals surface area contributed by atoms with Crippen molar-refractivity contribution in [1.29, 1.82) is 5.26 Å². The fourth-order valence-corrected chi connectivity index (χ4v) is 2.99. The van der Waals surface area contributed by atoms with Crippen molar-refractivity contribution in [1.82, 2.24) is 15.0 Å². The number of benzene rings is 1. The second kappa shape index (κ2) is 8.77. The monoisotopic (exact) mass is 404 g/mol. The van der Waals surface area contributed by atoms with Gasteiger partial charge in [0.1, 0.15) is 12.0 Å². The molecule has 1 unspecified atom stereocenters. The Hall–Kier alpha value is -3.68. The molecule has 30 heavy (non-hydrogen) atoms. The number of nitrogens with zero attached hydrogens (tertiary/aromatic N) is 4. The van der Waals surface area contributed by atoms with Crippen LogP contribution in [0.15, 0.2) is 61.3 Å². The number of pyridine rings is 1. The maximum Gasteiger partial charge on any atom is 0.321 e. The number of hydrogen-bond donors (Lipinski definition) is 1. The van der Waals surface area contributed by atoms with Crippen LogP contribution in [0.5, 0.6) is 0 Å². The summed E-state index contributed by atoms with van der Waals surface area (Å²) in [4.78, 5) is 11.4. The zero-order valence-electron chi connectivity index (χ0n) is 16.2. The number of rotatable bonds is 5. The van der Waals surface area contributed by atoms with Crippen LogP contribution in [-0.2, 0) is 11.5 Å². The Morgan fingerprint density at radius 3 is 2.10 bits per heavy atom. The molecule has 3 rings (SSSR count). The Morgan fingerprint density at radius 2 is 1.53 bits per heavy atom. The van der Waals surface area contributed by atoms with Crippen molar-refractivity contribution < 1.29 is 13.9 Å². The van der Waals surface area contributed by atoms with E-state index in [1.165, 1.54) is 31.0 Å². The lowest BCUT2D eigenvalue weighted by Crippen LogP contribution is -2.44. The van der Waals surface area contributed by atoms with Gasteiger partial charge in [-0.1, -0.05) is 25.2 Å². The largest absolute Gasteiger partial charge is 0.378 e. The van der Waals surface area contributed by atoms with Gasteiger partial charge < -0.3 is 5.11 Å². The molecule has 5 nitrogen and oxygen atoms in total. The molecule has 1 aromatic carbocycles. The van der Waals surface area contributed by atoms with Crippen molar-refractivity contribution in [3.63, 3.8) is 0 Å². The highest BCUT2D eigenvalue weighted by Crippen LogP contribution is 2.47. The molecular formula is C23H18F2N4O. The van der Waals surface area contributed by atoms with Gasteiger partial charge in [-0.2, -0.15) is 14.0 Å². The molecule has 0 aliphatic carbocycles. The van der Waals surface area contributed by atoms with Crippen molar-refractivity contribution in [2.45, 2.75) is 31.3 Å². The average molecular weight is 404 g/mol. The first-order valence-electron chi connectivity index (χ1n) is 9.25. The molecule has 0 saturated carbocycles. The normalized spacial score (nSPS) is 12.9. The smallest absolute Gasteiger partial charge is 0.321 e. The van der Waals surface area contributed by atoms with E-state index in [0.717, 1.165) is 6.07 Å². The van der Waals surface area contributed by atoms with Gasteiger partial charge in [-0.3, -0.25) is 4.98 Å². The summed E-state index contributed by atoms with van der Waals surface area (Å²) in [6.07, 6.45) is 4.98. The van der Waals surface area contributed by atoms with Crippen LogP contribution in [0, 0.1) is 23.2 Å². The number of aliphatic hydroxyl groups is 1. The molecule has 0 spiro atoms. The van der Waals surface area contributed by atoms with Crippen LogP contribution in [0.4, 0.5) is 8.78 Å². The summed E-state index contributed by atoms with van der Waals surface area (Å²) in [7, 11) is 0. The van der Waals surface area contributed by atoms with Crippen LogP contribution in [0.25, 0.3) is 0 Å². The molecule has 2 heterocycles. The first-order valence-corrected chi connectivity index (χ1v) is 9.25. The Balaban J connectivity index is 1.88. The summed E-state index contributed by atoms with van der Waals surface area (Å²) in [6.45, 7) is 1.71. The summed E-state index contributed by atoms with van der Waals surface area (Å²) in [5, 5.41) is 19.7. The van der Waals surface area contributed by atoms with Crippen molar-refractivity contribution in [2.75, 3.05) is 0 Å². The molecular weight excluding hydrogens is 386 g/mol. The predicted molar refractivity (Wildman–Crippen MR) is 106 cm³/mol. The Morgan fingerprint density at radius 1 is 0.933 bits per heavy atom. The van der Waals surface area contributed by atoms with Crippen LogP contribution in [-0.4, -0.2) is 20.1 Å². The Labute approximate surface area is 173 Å². The molecule has 1 N–H and O–H groups in total. The molecule has 2 aromatic heterocycles. The van der Waals surface area contributed by atoms with Gasteiger partial charge in [0, 0.05) is 35.3 Å². The van der Waals surface area contributed by atoms with E-state index < -0.39 is 17.2 Å². The number of hydrogen-bond acceptors (Lipinski definition) is 5. The maximum atomic E-state index is 15.3. The lowest BCUT2D eigenvalue weighted by molar-refractivity contribution is -0.202. The Bertz CT molecular complexity index is 1100. The first-order chi connectivity index (χ1) is 14.4. The number of alkyl halides is 2. The topological polar surface area (TPSA) is 82.7 Å². The van der Waals surface area contributed by atoms with E-state index in [4.69, 9.17) is 5.26 Å². The fraction of sp³-hybridized carbons (Fsp3) is 0.217. The van der Waals surface area contributed by atoms with Crippen LogP contribution in [0.1, 0.15) is 47.7 Å². The Kier molecular flexibility index (Phi) is 6.15. The van der Waals surface area contributed by atoms with Gasteiger partial charge >= 0.3 is 5.92 Å². The van der Waals surface area contributed by atoms with E-state index in [1.807, 2.05) is 6.07 Å². The van der Waals surface area contributed by atoms with Crippen LogP contribution < -0.4 is 0 Å². The number of nitriles is 1. The molecule has 0 amide bonds. The number of aromatic nitrogens is 3. The summed E-state index contributed by atoms with van der Waals surface area (Å²) < 4.78 is 30.6. The molecule has 3 aromatic rings. The first kappa shape index (κ1) is 21.0. The fourth-order valence-electron chi connectivity index (χ4n) is 2.99. The van der Waals surface area contributed by atoms with E-state index in [-0.39, 0.29) is 12.0 Å². The molecule has 0 fully saturated rings. The number of halogens is 2. The van der Waals surface area contributed by atoms with Gasteiger partial charge in [-0.25, -0.2) is 9.97 Å². The average Bonchev–Trinajstić information content (AvgIpc) is 2.79. The van der Waals surface area contributed by atoms with E-state index in [9.17, 15) is 5.11 Å². The third-order valence-electron chi connectivity index (χ3n) is 4.62. The van der Waals surface area contributed by atoms with Crippen molar-refractivity contribution in [3.05, 3.63) is 89.3 Å². The standard InChI is InChI=1S/C23H18F2N4O/c1-2-11-22(30,20-14-27-16-28-15-20)23(24,25)21-10-9-19(13-29-21)8-5-17-3-6-18(12-26)7-4-17/h3-4,6-7,9-10,13-16,30H,2,11H2,1H3. The molecule has 1 atom stereocenters. The molecule has 0 aliphatic rings. The lowest BCUT2D eigenvalue weighted by Gasteiger charge is -2.35. The molecule has 0 saturated heterocycles. The van der Waals surface area contributed by atoms with Gasteiger partial charge in [-0.05, 0) is 42.8 Å². The predicted octanol–water partition coefficient (Wildman–Crippen LogP) is 3.92. The van der Waals surface area contributed by atoms with Crippen molar-refractivity contribution >= 4 is 0 Å². The van der Waals surface area contributed by atoms with Crippen LogP contribution in [0.3, 0.4) is 0 Å². The summed E-state index contributed by atoms with van der Waals surface area (Å²) in [6, 6.07) is 11.3. The molecule has 0 bridgehead atoms. The zero-order chi connectivity index (χ0) is 21.6.